The van der Waals surface area contributed by atoms with E-state index in [1.807, 2.05) is 7.05 Å². The number of nitrogens with zero attached hydrogens (tertiary/aromatic N) is 1. The average molecular weight is 298 g/mol. The Morgan fingerprint density at radius 3 is 2.52 bits per heavy atom. The van der Waals surface area contributed by atoms with E-state index in [0.29, 0.717) is 0 Å². The zero-order valence-corrected chi connectivity index (χ0v) is 13.4. The maximum absolute atomic E-state index is 11.3. The van der Waals surface area contributed by atoms with Crippen molar-refractivity contribution in [3.63, 3.8) is 0 Å². The van der Waals surface area contributed by atoms with Gasteiger partial charge in [-0.25, -0.2) is 0 Å². The number of carbonyl (C=O) groups is 1. The second-order valence-corrected chi connectivity index (χ2v) is 6.09. The van der Waals surface area contributed by atoms with Crippen molar-refractivity contribution in [2.24, 2.45) is 0 Å². The Kier molecular flexibility index (Phi) is 3.69. The van der Waals surface area contributed by atoms with Crippen LogP contribution in [0.3, 0.4) is 0 Å². The Morgan fingerprint density at radius 1 is 1.19 bits per heavy atom. The summed E-state index contributed by atoms with van der Waals surface area (Å²) in [4.78, 5) is 11.3. The Morgan fingerprint density at radius 2 is 1.86 bits per heavy atom. The van der Waals surface area contributed by atoms with Gasteiger partial charge in [0.1, 0.15) is 0 Å². The molecule has 1 aliphatic rings. The van der Waals surface area contributed by atoms with E-state index >= 15 is 0 Å². The van der Waals surface area contributed by atoms with E-state index in [9.17, 15) is 4.79 Å². The molecule has 21 heavy (non-hydrogen) atoms. The Bertz CT molecular complexity index is 699. The molecule has 1 N–H and O–H groups in total. The number of hydrogen-bond donors (Lipinski definition) is 1. The fourth-order valence-corrected chi connectivity index (χ4v) is 3.41. The maximum atomic E-state index is 11.3. The van der Waals surface area contributed by atoms with Crippen molar-refractivity contribution in [1.82, 2.24) is 4.67 Å². The molecule has 2 atom stereocenters. The molecule has 3 nitrogen and oxygen atoms in total. The van der Waals surface area contributed by atoms with Crippen molar-refractivity contribution < 1.29 is 4.79 Å². The molecule has 0 fully saturated rings. The molecule has 2 aromatic carbocycles. The summed E-state index contributed by atoms with van der Waals surface area (Å²) in [6.45, 7) is 2.10. The van der Waals surface area contributed by atoms with Crippen LogP contribution in [0, 0.1) is 6.92 Å². The van der Waals surface area contributed by atoms with Gasteiger partial charge in [-0.1, -0.05) is 29.8 Å². The number of nitrogens with one attached hydrogen (secondary N) is 1. The second-order valence-electron chi connectivity index (χ2n) is 5.50. The smallest absolute Gasteiger partial charge is 0.213 e. The van der Waals surface area contributed by atoms with E-state index in [0.717, 1.165) is 18.5 Å². The molecule has 0 saturated heterocycles. The second kappa shape index (κ2) is 5.50. The third-order valence-corrected chi connectivity index (χ3v) is 4.54. The van der Waals surface area contributed by atoms with Gasteiger partial charge in [-0.15, -0.1) is 0 Å². The van der Waals surface area contributed by atoms with Crippen LogP contribution in [0.5, 0.6) is 0 Å². The Hall–Kier alpha value is -1.86. The van der Waals surface area contributed by atoms with E-state index in [-0.39, 0.29) is 6.04 Å². The summed E-state index contributed by atoms with van der Waals surface area (Å²) in [6, 6.07) is 12.8. The quantitative estimate of drug-likeness (QED) is 0.696. The van der Waals surface area contributed by atoms with Gasteiger partial charge < -0.3 is 9.99 Å². The summed E-state index contributed by atoms with van der Waals surface area (Å²) in [5.41, 5.74) is 7.35. The highest BCUT2D eigenvalue weighted by Gasteiger charge is 2.28. The van der Waals surface area contributed by atoms with Crippen LogP contribution in [0.15, 0.2) is 36.4 Å². The van der Waals surface area contributed by atoms with Gasteiger partial charge in [0.25, 0.3) is 0 Å². The van der Waals surface area contributed by atoms with Gasteiger partial charge in [0, 0.05) is 12.7 Å². The zero-order chi connectivity index (χ0) is 15.0. The average Bonchev–Trinajstić information content (AvgIpc) is 2.51. The molecule has 3 rings (SSSR count). The number of rotatable bonds is 3. The first-order valence-corrected chi connectivity index (χ1v) is 7.54. The molecule has 0 saturated carbocycles. The Balaban J connectivity index is 2.18. The highest BCUT2D eigenvalue weighted by molar-refractivity contribution is 7.14. The fourth-order valence-electron chi connectivity index (χ4n) is 3.09. The fraction of sp³-hybridized carbons (Fsp3) is 0.235. The van der Waals surface area contributed by atoms with Crippen LogP contribution >= 0.6 is 9.39 Å². The molecule has 0 radical (unpaired) electrons. The summed E-state index contributed by atoms with van der Waals surface area (Å²) < 4.78 is 1.67. The molecule has 0 spiro atoms. The predicted octanol–water partition coefficient (Wildman–Crippen LogP) is 3.28. The van der Waals surface area contributed by atoms with Crippen LogP contribution in [0.25, 0.3) is 0 Å². The monoisotopic (exact) mass is 298 g/mol. The summed E-state index contributed by atoms with van der Waals surface area (Å²) in [7, 11) is 4.45. The van der Waals surface area contributed by atoms with E-state index in [2.05, 4.69) is 58.0 Å². The minimum absolute atomic E-state index is 0.0299. The number of carbonyl (C=O) groups excluding carboxylic acids is 1. The van der Waals surface area contributed by atoms with Crippen LogP contribution in [0.4, 0.5) is 5.69 Å². The highest BCUT2D eigenvalue weighted by atomic mass is 31.0. The van der Waals surface area contributed by atoms with Crippen molar-refractivity contribution >= 4 is 21.5 Å². The van der Waals surface area contributed by atoms with Gasteiger partial charge in [-0.3, -0.25) is 4.79 Å². The van der Waals surface area contributed by atoms with E-state index in [1.165, 1.54) is 27.8 Å². The van der Waals surface area contributed by atoms with Gasteiger partial charge in [0.05, 0.1) is 6.04 Å². The van der Waals surface area contributed by atoms with Crippen molar-refractivity contribution in [1.29, 1.82) is 0 Å². The van der Waals surface area contributed by atoms with Crippen LogP contribution in [-0.2, 0) is 11.2 Å². The number of fused-ring (bicyclic) bond motifs is 2. The Labute approximate surface area is 127 Å². The number of amides is 1. The number of anilines is 1. The van der Waals surface area contributed by atoms with Crippen molar-refractivity contribution in [2.75, 3.05) is 12.4 Å². The summed E-state index contributed by atoms with van der Waals surface area (Å²) in [5, 5.41) is 3.18. The third kappa shape index (κ3) is 2.43. The van der Waals surface area contributed by atoms with Gasteiger partial charge in [-0.2, -0.15) is 0 Å². The van der Waals surface area contributed by atoms with E-state index in [1.54, 1.807) is 4.67 Å². The first-order chi connectivity index (χ1) is 10.1. The highest BCUT2D eigenvalue weighted by Crippen LogP contribution is 2.40. The predicted molar refractivity (Wildman–Crippen MR) is 89.4 cm³/mol. The first-order valence-electron chi connectivity index (χ1n) is 7.02. The largest absolute Gasteiger partial charge is 0.388 e. The van der Waals surface area contributed by atoms with Gasteiger partial charge >= 0.3 is 0 Å². The van der Waals surface area contributed by atoms with E-state index in [4.69, 9.17) is 0 Å². The molecule has 2 unspecified atom stereocenters. The number of hydrogen-bond acceptors (Lipinski definition) is 2. The molecule has 0 aliphatic heterocycles. The SMILES string of the molecule is CNc1ccc2c(c1)Cc1cc(C)ccc1C2N(P)C=O. The lowest BCUT2D eigenvalue weighted by molar-refractivity contribution is -0.114. The molecular formula is C17H19N2OP. The molecule has 0 aromatic heterocycles. The lowest BCUT2D eigenvalue weighted by atomic mass is 9.81. The lowest BCUT2D eigenvalue weighted by Crippen LogP contribution is -2.24. The summed E-state index contributed by atoms with van der Waals surface area (Å²) in [5.74, 6) is 0. The maximum Gasteiger partial charge on any atom is 0.213 e. The summed E-state index contributed by atoms with van der Waals surface area (Å²) >= 11 is 0. The molecule has 0 heterocycles. The zero-order valence-electron chi connectivity index (χ0n) is 12.3. The van der Waals surface area contributed by atoms with E-state index < -0.39 is 0 Å². The van der Waals surface area contributed by atoms with Gasteiger partial charge in [-0.05, 0) is 57.1 Å². The minimum Gasteiger partial charge on any atom is -0.388 e. The molecule has 108 valence electrons. The van der Waals surface area contributed by atoms with Crippen LogP contribution in [-0.4, -0.2) is 18.1 Å². The molecule has 0 bridgehead atoms. The van der Waals surface area contributed by atoms with Gasteiger partial charge in [0.2, 0.25) is 6.41 Å². The minimum atomic E-state index is -0.0299. The van der Waals surface area contributed by atoms with Crippen molar-refractivity contribution in [3.8, 4) is 0 Å². The molecular weight excluding hydrogens is 279 g/mol. The lowest BCUT2D eigenvalue weighted by Gasteiger charge is -2.33. The standard InChI is InChI=1S/C17H19N2OP/c1-11-3-5-15-12(7-11)8-13-9-14(18-2)4-6-16(13)17(15)19(21)10-20/h3-7,9-10,17-18H,8,21H2,1-2H3. The third-order valence-electron chi connectivity index (χ3n) is 4.12. The molecule has 4 heteroatoms. The summed E-state index contributed by atoms with van der Waals surface area (Å²) in [6.07, 6.45) is 1.79. The molecule has 1 aliphatic carbocycles. The number of aryl methyl sites for hydroxylation is 1. The molecule has 1 amide bonds. The van der Waals surface area contributed by atoms with Gasteiger partial charge in [0.15, 0.2) is 0 Å². The van der Waals surface area contributed by atoms with Crippen LogP contribution in [0.2, 0.25) is 0 Å². The number of benzene rings is 2. The first kappa shape index (κ1) is 14.1. The normalized spacial score (nSPS) is 15.9. The van der Waals surface area contributed by atoms with Crippen LogP contribution < -0.4 is 5.32 Å². The van der Waals surface area contributed by atoms with Crippen molar-refractivity contribution in [2.45, 2.75) is 19.4 Å². The van der Waals surface area contributed by atoms with Crippen molar-refractivity contribution in [3.05, 3.63) is 64.2 Å². The topological polar surface area (TPSA) is 32.3 Å². The molecule has 2 aromatic rings. The van der Waals surface area contributed by atoms with Crippen LogP contribution in [0.1, 0.15) is 33.9 Å².